The molecular formula is C15H23NO4. The van der Waals surface area contributed by atoms with Crippen molar-refractivity contribution in [3.63, 3.8) is 0 Å². The molecule has 0 aromatic heterocycles. The van der Waals surface area contributed by atoms with Crippen LogP contribution in [-0.4, -0.2) is 39.9 Å². The fraction of sp³-hybridized carbons (Fsp3) is 0.533. The van der Waals surface area contributed by atoms with Crippen LogP contribution in [0.5, 0.6) is 0 Å². The van der Waals surface area contributed by atoms with Crippen LogP contribution in [0, 0.1) is 0 Å². The topological polar surface area (TPSA) is 56.8 Å². The van der Waals surface area contributed by atoms with Gasteiger partial charge in [0, 0.05) is 20.8 Å². The lowest BCUT2D eigenvalue weighted by atomic mass is 10.0. The van der Waals surface area contributed by atoms with Crippen molar-refractivity contribution in [1.82, 2.24) is 5.32 Å². The summed E-state index contributed by atoms with van der Waals surface area (Å²) in [5.41, 5.74) is 1.85. The predicted molar refractivity (Wildman–Crippen MR) is 76.4 cm³/mol. The van der Waals surface area contributed by atoms with E-state index in [2.05, 4.69) is 5.32 Å². The maximum absolute atomic E-state index is 12.1. The molecule has 1 aromatic rings. The summed E-state index contributed by atoms with van der Waals surface area (Å²) in [5.74, 6) is -0.285. The smallest absolute Gasteiger partial charge is 0.327 e. The molecule has 0 radical (unpaired) electrons. The van der Waals surface area contributed by atoms with E-state index in [-0.39, 0.29) is 5.97 Å². The number of carbonyl (C=O) groups is 1. The Balaban J connectivity index is 2.93. The fourth-order valence-corrected chi connectivity index (χ4v) is 1.95. The lowest BCUT2D eigenvalue weighted by Gasteiger charge is -2.20. The maximum Gasteiger partial charge on any atom is 0.327 e. The van der Waals surface area contributed by atoms with E-state index in [1.165, 1.54) is 0 Å². The quantitative estimate of drug-likeness (QED) is 0.551. The van der Waals surface area contributed by atoms with Gasteiger partial charge in [-0.3, -0.25) is 5.32 Å². The third kappa shape index (κ3) is 4.92. The summed E-state index contributed by atoms with van der Waals surface area (Å²) in [6.07, 6.45) is 0. The molecule has 5 nitrogen and oxygen atoms in total. The molecule has 0 saturated heterocycles. The van der Waals surface area contributed by atoms with Gasteiger partial charge in [-0.1, -0.05) is 24.3 Å². The van der Waals surface area contributed by atoms with Crippen molar-refractivity contribution in [3.8, 4) is 0 Å². The highest BCUT2D eigenvalue weighted by Gasteiger charge is 2.23. The molecular weight excluding hydrogens is 258 g/mol. The minimum absolute atomic E-state index is 0.285. The Morgan fingerprint density at radius 3 is 2.65 bits per heavy atom. The maximum atomic E-state index is 12.1. The number of hydrogen-bond donors (Lipinski definition) is 1. The van der Waals surface area contributed by atoms with Gasteiger partial charge in [-0.25, -0.2) is 4.79 Å². The number of methoxy groups -OCH3 is 2. The molecule has 5 heteroatoms. The second kappa shape index (κ2) is 9.47. The standard InChI is InChI=1S/C15H23NO4/c1-4-20-15(17)14(16-9-10-18-2)13-8-6-5-7-12(13)11-19-3/h5-8,14,16H,4,9-11H2,1-3H3. The number of rotatable bonds is 9. The highest BCUT2D eigenvalue weighted by Crippen LogP contribution is 2.20. The summed E-state index contributed by atoms with van der Waals surface area (Å²) in [7, 11) is 3.26. The Bertz CT molecular complexity index is 409. The van der Waals surface area contributed by atoms with Crippen LogP contribution in [0.2, 0.25) is 0 Å². The first-order valence-electron chi connectivity index (χ1n) is 6.70. The van der Waals surface area contributed by atoms with Crippen molar-refractivity contribution in [1.29, 1.82) is 0 Å². The molecule has 112 valence electrons. The monoisotopic (exact) mass is 281 g/mol. The average molecular weight is 281 g/mol. The van der Waals surface area contributed by atoms with Crippen LogP contribution in [0.1, 0.15) is 24.1 Å². The van der Waals surface area contributed by atoms with Gasteiger partial charge in [-0.05, 0) is 18.1 Å². The molecule has 1 rings (SSSR count). The zero-order chi connectivity index (χ0) is 14.8. The first-order valence-corrected chi connectivity index (χ1v) is 6.70. The fourth-order valence-electron chi connectivity index (χ4n) is 1.95. The first-order chi connectivity index (χ1) is 9.74. The molecule has 20 heavy (non-hydrogen) atoms. The van der Waals surface area contributed by atoms with Crippen LogP contribution < -0.4 is 5.32 Å². The number of esters is 1. The van der Waals surface area contributed by atoms with Crippen LogP contribution in [0.3, 0.4) is 0 Å². The Kier molecular flexibility index (Phi) is 7.87. The van der Waals surface area contributed by atoms with E-state index in [4.69, 9.17) is 14.2 Å². The zero-order valence-corrected chi connectivity index (χ0v) is 12.3. The van der Waals surface area contributed by atoms with Gasteiger partial charge in [0.25, 0.3) is 0 Å². The van der Waals surface area contributed by atoms with E-state index in [1.54, 1.807) is 21.1 Å². The van der Waals surface area contributed by atoms with Crippen molar-refractivity contribution in [2.45, 2.75) is 19.6 Å². The van der Waals surface area contributed by atoms with Gasteiger partial charge in [0.05, 0.1) is 19.8 Å². The molecule has 0 aliphatic heterocycles. The Morgan fingerprint density at radius 2 is 2.00 bits per heavy atom. The molecule has 0 fully saturated rings. The van der Waals surface area contributed by atoms with Crippen LogP contribution in [-0.2, 0) is 25.6 Å². The van der Waals surface area contributed by atoms with Gasteiger partial charge in [-0.15, -0.1) is 0 Å². The summed E-state index contributed by atoms with van der Waals surface area (Å²) in [6.45, 7) is 3.71. The van der Waals surface area contributed by atoms with E-state index in [0.717, 1.165) is 11.1 Å². The normalized spacial score (nSPS) is 12.2. The minimum atomic E-state index is -0.503. The Morgan fingerprint density at radius 1 is 1.25 bits per heavy atom. The first kappa shape index (κ1) is 16.6. The second-order valence-corrected chi connectivity index (χ2v) is 4.26. The molecule has 0 aliphatic carbocycles. The summed E-state index contributed by atoms with van der Waals surface area (Å²) in [5, 5.41) is 3.17. The van der Waals surface area contributed by atoms with Crippen LogP contribution >= 0.6 is 0 Å². The van der Waals surface area contributed by atoms with E-state index < -0.39 is 6.04 Å². The molecule has 0 saturated carbocycles. The minimum Gasteiger partial charge on any atom is -0.465 e. The molecule has 1 N–H and O–H groups in total. The number of nitrogens with one attached hydrogen (secondary N) is 1. The van der Waals surface area contributed by atoms with E-state index in [9.17, 15) is 4.79 Å². The lowest BCUT2D eigenvalue weighted by molar-refractivity contribution is -0.145. The van der Waals surface area contributed by atoms with Crippen LogP contribution in [0.4, 0.5) is 0 Å². The van der Waals surface area contributed by atoms with Gasteiger partial charge >= 0.3 is 5.97 Å². The van der Waals surface area contributed by atoms with Gasteiger partial charge in [0.1, 0.15) is 6.04 Å². The molecule has 1 aromatic carbocycles. The molecule has 0 spiro atoms. The molecule has 0 aliphatic rings. The van der Waals surface area contributed by atoms with Crippen LogP contribution in [0.25, 0.3) is 0 Å². The van der Waals surface area contributed by atoms with Crippen molar-refractivity contribution >= 4 is 5.97 Å². The second-order valence-electron chi connectivity index (χ2n) is 4.26. The highest BCUT2D eigenvalue weighted by molar-refractivity contribution is 5.78. The summed E-state index contributed by atoms with van der Waals surface area (Å²) >= 11 is 0. The predicted octanol–water partition coefficient (Wildman–Crippen LogP) is 1.67. The van der Waals surface area contributed by atoms with Crippen molar-refractivity contribution < 1.29 is 19.0 Å². The van der Waals surface area contributed by atoms with E-state index >= 15 is 0 Å². The average Bonchev–Trinajstić information content (AvgIpc) is 2.45. The van der Waals surface area contributed by atoms with Crippen molar-refractivity contribution in [2.75, 3.05) is 34.0 Å². The number of ether oxygens (including phenoxy) is 3. The van der Waals surface area contributed by atoms with E-state index in [1.807, 2.05) is 24.3 Å². The number of hydrogen-bond acceptors (Lipinski definition) is 5. The Labute approximate surface area is 120 Å². The van der Waals surface area contributed by atoms with Gasteiger partial charge in [0.2, 0.25) is 0 Å². The molecule has 1 unspecified atom stereocenters. The Hall–Kier alpha value is -1.43. The van der Waals surface area contributed by atoms with Crippen LogP contribution in [0.15, 0.2) is 24.3 Å². The molecule has 1 atom stereocenters. The number of benzene rings is 1. The third-order valence-corrected chi connectivity index (χ3v) is 2.84. The lowest BCUT2D eigenvalue weighted by Crippen LogP contribution is -2.33. The summed E-state index contributed by atoms with van der Waals surface area (Å²) < 4.78 is 15.3. The molecule has 0 bridgehead atoms. The zero-order valence-electron chi connectivity index (χ0n) is 12.3. The molecule has 0 heterocycles. The summed E-state index contributed by atoms with van der Waals surface area (Å²) in [4.78, 5) is 12.1. The summed E-state index contributed by atoms with van der Waals surface area (Å²) in [6, 6.07) is 7.18. The number of carbonyl (C=O) groups excluding carboxylic acids is 1. The van der Waals surface area contributed by atoms with Crippen molar-refractivity contribution in [2.24, 2.45) is 0 Å². The van der Waals surface area contributed by atoms with Gasteiger partial charge in [0.15, 0.2) is 0 Å². The SMILES string of the molecule is CCOC(=O)C(NCCOC)c1ccccc1COC. The highest BCUT2D eigenvalue weighted by atomic mass is 16.5. The van der Waals surface area contributed by atoms with E-state index in [0.29, 0.717) is 26.4 Å². The largest absolute Gasteiger partial charge is 0.465 e. The molecule has 0 amide bonds. The van der Waals surface area contributed by atoms with Gasteiger partial charge < -0.3 is 14.2 Å². The third-order valence-electron chi connectivity index (χ3n) is 2.84. The van der Waals surface area contributed by atoms with Crippen molar-refractivity contribution in [3.05, 3.63) is 35.4 Å². The van der Waals surface area contributed by atoms with Gasteiger partial charge in [-0.2, -0.15) is 0 Å².